The van der Waals surface area contributed by atoms with Crippen LogP contribution in [0, 0.1) is 17.5 Å². The summed E-state index contributed by atoms with van der Waals surface area (Å²) in [6.07, 6.45) is 0.0725. The van der Waals surface area contributed by atoms with Crippen LogP contribution in [0.4, 0.5) is 22.8 Å². The van der Waals surface area contributed by atoms with Crippen LogP contribution in [0.1, 0.15) is 42.4 Å². The van der Waals surface area contributed by atoms with Crippen LogP contribution in [-0.2, 0) is 17.8 Å². The molecule has 2 unspecified atom stereocenters. The predicted octanol–water partition coefficient (Wildman–Crippen LogP) is 6.19. The molecule has 270 valence electrons. The summed E-state index contributed by atoms with van der Waals surface area (Å²) in [6, 6.07) is 12.4. The number of amides is 3. The third kappa shape index (κ3) is 7.54. The number of methoxy groups -OCH3 is 2. The highest BCUT2D eigenvalue weighted by molar-refractivity contribution is 6.04. The SMILES string of the molecule is COc1cc(CN(C(=O)C2=C(c3ccc(CCCOc4c(F)ccc(F)c4F)cc3)CC3CN(C(=O)O)CC2N3C(=O)O)C2CC2)cc(OC)c1. The van der Waals surface area contributed by atoms with E-state index in [4.69, 9.17) is 14.2 Å². The van der Waals surface area contributed by atoms with E-state index in [9.17, 15) is 37.8 Å². The molecular formula is C37H38F3N3O8. The van der Waals surface area contributed by atoms with Crippen LogP contribution in [-0.4, -0.2) is 95.0 Å². The number of halogens is 3. The molecule has 51 heavy (non-hydrogen) atoms. The summed E-state index contributed by atoms with van der Waals surface area (Å²) in [4.78, 5) is 43.7. The fraction of sp³-hybridized carbons (Fsp3) is 0.378. The zero-order valence-electron chi connectivity index (χ0n) is 28.1. The molecule has 3 amide bonds. The first kappa shape index (κ1) is 35.4. The van der Waals surface area contributed by atoms with Crippen LogP contribution >= 0.6 is 0 Å². The monoisotopic (exact) mass is 709 g/mol. The lowest BCUT2D eigenvalue weighted by molar-refractivity contribution is -0.129. The summed E-state index contributed by atoms with van der Waals surface area (Å²) >= 11 is 0. The Kier molecular flexibility index (Phi) is 10.3. The third-order valence-corrected chi connectivity index (χ3v) is 9.55. The van der Waals surface area contributed by atoms with Gasteiger partial charge in [0.1, 0.15) is 11.5 Å². The van der Waals surface area contributed by atoms with Gasteiger partial charge in [-0.25, -0.2) is 18.4 Å². The molecule has 2 bridgehead atoms. The topological polar surface area (TPSA) is 129 Å². The minimum absolute atomic E-state index is 0.0381. The minimum atomic E-state index is -1.38. The lowest BCUT2D eigenvalue weighted by Gasteiger charge is -2.49. The second kappa shape index (κ2) is 14.8. The highest BCUT2D eigenvalue weighted by atomic mass is 19.2. The predicted molar refractivity (Wildman–Crippen MR) is 178 cm³/mol. The molecule has 3 aliphatic rings. The van der Waals surface area contributed by atoms with E-state index in [1.807, 2.05) is 36.4 Å². The maximum atomic E-state index is 14.8. The van der Waals surface area contributed by atoms with E-state index in [-0.39, 0.29) is 50.2 Å². The van der Waals surface area contributed by atoms with E-state index >= 15 is 0 Å². The molecule has 2 aliphatic heterocycles. The van der Waals surface area contributed by atoms with Crippen LogP contribution in [0.5, 0.6) is 17.2 Å². The Balaban J connectivity index is 1.30. The van der Waals surface area contributed by atoms with Gasteiger partial charge in [-0.1, -0.05) is 24.3 Å². The Hall–Kier alpha value is -5.40. The van der Waals surface area contributed by atoms with Gasteiger partial charge in [0, 0.05) is 37.3 Å². The number of nitrogens with zero attached hydrogens (tertiary/aromatic N) is 3. The molecule has 2 atom stereocenters. The Morgan fingerprint density at radius 2 is 1.53 bits per heavy atom. The normalized spacial score (nSPS) is 18.4. The van der Waals surface area contributed by atoms with Gasteiger partial charge < -0.3 is 34.2 Å². The second-order valence-electron chi connectivity index (χ2n) is 12.8. The number of benzene rings is 3. The molecule has 6 rings (SSSR count). The average molecular weight is 710 g/mol. The summed E-state index contributed by atoms with van der Waals surface area (Å²) in [5, 5.41) is 20.2. The van der Waals surface area contributed by atoms with Gasteiger partial charge in [-0.05, 0) is 78.6 Å². The summed E-state index contributed by atoms with van der Waals surface area (Å²) in [7, 11) is 3.06. The molecule has 1 saturated carbocycles. The number of piperazine rings is 1. The van der Waals surface area contributed by atoms with Crippen LogP contribution in [0.3, 0.4) is 0 Å². The lowest BCUT2D eigenvalue weighted by Crippen LogP contribution is -2.65. The molecule has 2 fully saturated rings. The zero-order valence-corrected chi connectivity index (χ0v) is 28.1. The van der Waals surface area contributed by atoms with Crippen molar-refractivity contribution in [1.29, 1.82) is 0 Å². The van der Waals surface area contributed by atoms with Gasteiger partial charge in [-0.15, -0.1) is 0 Å². The smallest absolute Gasteiger partial charge is 0.408 e. The maximum Gasteiger partial charge on any atom is 0.408 e. The molecule has 0 radical (unpaired) electrons. The number of aryl methyl sites for hydroxylation is 1. The lowest BCUT2D eigenvalue weighted by atomic mass is 9.81. The van der Waals surface area contributed by atoms with Crippen LogP contribution < -0.4 is 14.2 Å². The number of ether oxygens (including phenoxy) is 3. The molecule has 11 nitrogen and oxygen atoms in total. The quantitative estimate of drug-likeness (QED) is 0.168. The van der Waals surface area contributed by atoms with E-state index in [0.29, 0.717) is 41.5 Å². The fourth-order valence-corrected chi connectivity index (χ4v) is 6.92. The first-order chi connectivity index (χ1) is 24.5. The molecule has 1 saturated heterocycles. The van der Waals surface area contributed by atoms with Crippen molar-refractivity contribution < 1.29 is 52.0 Å². The number of carboxylic acid groups (broad SMARTS) is 2. The molecule has 14 heteroatoms. The summed E-state index contributed by atoms with van der Waals surface area (Å²) in [5.74, 6) is -3.61. The Bertz CT molecular complexity index is 1830. The third-order valence-electron chi connectivity index (χ3n) is 9.55. The number of rotatable bonds is 12. The summed E-state index contributed by atoms with van der Waals surface area (Å²) in [6.45, 7) is -0.0972. The van der Waals surface area contributed by atoms with Crippen molar-refractivity contribution >= 4 is 23.7 Å². The average Bonchev–Trinajstić information content (AvgIpc) is 3.96. The molecule has 1 aliphatic carbocycles. The van der Waals surface area contributed by atoms with E-state index in [1.54, 1.807) is 11.0 Å². The fourth-order valence-electron chi connectivity index (χ4n) is 6.92. The minimum Gasteiger partial charge on any atom is -0.497 e. The van der Waals surface area contributed by atoms with Gasteiger partial charge in [-0.3, -0.25) is 9.69 Å². The Labute approximate surface area is 292 Å². The van der Waals surface area contributed by atoms with E-state index in [1.165, 1.54) is 24.0 Å². The first-order valence-electron chi connectivity index (χ1n) is 16.6. The number of hydrogen-bond donors (Lipinski definition) is 2. The van der Waals surface area contributed by atoms with Crippen molar-refractivity contribution in [1.82, 2.24) is 14.7 Å². The van der Waals surface area contributed by atoms with E-state index in [0.717, 1.165) is 30.0 Å². The zero-order chi connectivity index (χ0) is 36.4. The van der Waals surface area contributed by atoms with Gasteiger partial charge in [0.15, 0.2) is 17.4 Å². The highest BCUT2D eigenvalue weighted by Crippen LogP contribution is 2.41. The Morgan fingerprint density at radius 3 is 2.14 bits per heavy atom. The van der Waals surface area contributed by atoms with Crippen LogP contribution in [0.2, 0.25) is 0 Å². The van der Waals surface area contributed by atoms with Gasteiger partial charge in [0.25, 0.3) is 5.91 Å². The standard InChI is InChI=1S/C37H38F3N3O8/c1-49-26-14-22(15-27(17-26)50-2)18-42(24-9-10-24)35(44)32-28(16-25-19-41(36(45)46)20-31(32)43(25)37(47)48)23-7-5-21(6-8-23)4-3-13-51-34-30(39)12-11-29(38)33(34)40/h5-8,11-12,14-15,17,24-25,31H,3-4,9-10,13,16,18-20H2,1-2H3,(H,45,46)(H,47,48). The highest BCUT2D eigenvalue weighted by Gasteiger charge is 2.49. The molecule has 3 aromatic carbocycles. The number of carbonyl (C=O) groups is 3. The van der Waals surface area contributed by atoms with Gasteiger partial charge in [0.2, 0.25) is 5.82 Å². The second-order valence-corrected chi connectivity index (χ2v) is 12.8. The molecule has 3 aromatic rings. The molecule has 0 aromatic heterocycles. The van der Waals surface area contributed by atoms with Crippen molar-refractivity contribution in [3.63, 3.8) is 0 Å². The summed E-state index contributed by atoms with van der Waals surface area (Å²) < 4.78 is 57.5. The first-order valence-corrected chi connectivity index (χ1v) is 16.6. The molecule has 2 N–H and O–H groups in total. The van der Waals surface area contributed by atoms with E-state index < -0.39 is 47.5 Å². The van der Waals surface area contributed by atoms with Gasteiger partial charge in [0.05, 0.1) is 32.9 Å². The maximum absolute atomic E-state index is 14.8. The molecular weight excluding hydrogens is 671 g/mol. The largest absolute Gasteiger partial charge is 0.497 e. The van der Waals surface area contributed by atoms with Crippen molar-refractivity contribution in [2.75, 3.05) is 33.9 Å². The molecule has 2 heterocycles. The van der Waals surface area contributed by atoms with Crippen molar-refractivity contribution in [2.24, 2.45) is 0 Å². The van der Waals surface area contributed by atoms with Crippen LogP contribution in [0.25, 0.3) is 5.57 Å². The summed E-state index contributed by atoms with van der Waals surface area (Å²) in [5.41, 5.74) is 3.21. The number of fused-ring (bicyclic) bond motifs is 2. The van der Waals surface area contributed by atoms with Crippen molar-refractivity contribution in [3.05, 3.63) is 94.3 Å². The number of carbonyl (C=O) groups excluding carboxylic acids is 1. The van der Waals surface area contributed by atoms with Gasteiger partial charge >= 0.3 is 12.2 Å². The van der Waals surface area contributed by atoms with Gasteiger partial charge in [-0.2, -0.15) is 4.39 Å². The van der Waals surface area contributed by atoms with Crippen molar-refractivity contribution in [2.45, 2.75) is 56.8 Å². The van der Waals surface area contributed by atoms with E-state index in [2.05, 4.69) is 0 Å². The van der Waals surface area contributed by atoms with Crippen molar-refractivity contribution in [3.8, 4) is 17.2 Å². The van der Waals surface area contributed by atoms with Crippen LogP contribution in [0.15, 0.2) is 60.2 Å². The Morgan fingerprint density at radius 1 is 0.863 bits per heavy atom. The molecule has 0 spiro atoms. The number of hydrogen-bond acceptors (Lipinski definition) is 6.